The van der Waals surface area contributed by atoms with Crippen molar-refractivity contribution in [3.8, 4) is 23.3 Å². The number of nitrogens with zero attached hydrogens (tertiary/aromatic N) is 1. The molecule has 3 aromatic rings. The summed E-state index contributed by atoms with van der Waals surface area (Å²) >= 11 is 0. The van der Waals surface area contributed by atoms with Crippen LogP contribution in [-0.2, 0) is 0 Å². The molecule has 0 saturated carbocycles. The van der Waals surface area contributed by atoms with Crippen LogP contribution in [-0.4, -0.2) is 22.2 Å². The normalized spacial score (nSPS) is 10.4. The lowest BCUT2D eigenvalue weighted by Crippen LogP contribution is -2.29. The van der Waals surface area contributed by atoms with Gasteiger partial charge in [-0.05, 0) is 53.5 Å². The summed E-state index contributed by atoms with van der Waals surface area (Å²) in [6.45, 7) is 6.89. The molecule has 0 spiro atoms. The van der Waals surface area contributed by atoms with Crippen molar-refractivity contribution in [2.75, 3.05) is 19.0 Å². The average molecular weight is 462 g/mol. The van der Waals surface area contributed by atoms with Crippen LogP contribution in [0.5, 0.6) is 0 Å². The van der Waals surface area contributed by atoms with Gasteiger partial charge in [0.1, 0.15) is 8.07 Å². The Bertz CT molecular complexity index is 1160. The number of rotatable bonds is 6. The molecular weight excluding hydrogens is 426 g/mol. The molecule has 3 rings (SSSR count). The highest BCUT2D eigenvalue weighted by molar-refractivity contribution is 6.87. The van der Waals surface area contributed by atoms with Crippen molar-refractivity contribution >= 4 is 19.3 Å². The maximum atomic E-state index is 3.78. The van der Waals surface area contributed by atoms with Gasteiger partial charge in [-0.2, -0.15) is 0 Å². The Morgan fingerprint density at radius 3 is 1.62 bits per heavy atom. The van der Waals surface area contributed by atoms with Gasteiger partial charge in [0, 0.05) is 30.9 Å². The minimum Gasteiger partial charge on any atom is -0.378 e. The molecule has 0 radical (unpaired) electrons. The third-order valence-corrected chi connectivity index (χ3v) is 11.3. The van der Waals surface area contributed by atoms with Crippen LogP contribution in [0.15, 0.2) is 90.5 Å². The number of allylic oxidation sites excluding steroid dienone is 1. The molecule has 0 N–H and O–H groups in total. The number of anilines is 1. The van der Waals surface area contributed by atoms with E-state index >= 15 is 0 Å². The summed E-state index contributed by atoms with van der Waals surface area (Å²) in [4.78, 5) is 2.10. The second-order valence-corrected chi connectivity index (χ2v) is 13.7. The molecule has 0 aliphatic rings. The van der Waals surface area contributed by atoms with Crippen LogP contribution in [0.2, 0.25) is 18.1 Å². The second kappa shape index (κ2) is 12.1. The average Bonchev–Trinajstić information content (AvgIpc) is 2.89. The monoisotopic (exact) mass is 461 g/mol. The molecule has 34 heavy (non-hydrogen) atoms. The first-order chi connectivity index (χ1) is 16.5. The van der Waals surface area contributed by atoms with E-state index in [1.807, 2.05) is 0 Å². The van der Waals surface area contributed by atoms with Gasteiger partial charge in [-0.15, -0.1) is 5.54 Å². The van der Waals surface area contributed by atoms with Crippen molar-refractivity contribution in [1.29, 1.82) is 0 Å². The van der Waals surface area contributed by atoms with Gasteiger partial charge in [0.25, 0.3) is 0 Å². The van der Waals surface area contributed by atoms with Crippen molar-refractivity contribution in [2.24, 2.45) is 0 Å². The minimum absolute atomic E-state index is 0.904. The smallest absolute Gasteiger partial charge is 0.138 e. The number of hydrogen-bond donors (Lipinski definition) is 0. The lowest BCUT2D eigenvalue weighted by Gasteiger charge is -2.20. The topological polar surface area (TPSA) is 3.24 Å². The molecule has 3 aromatic carbocycles. The fourth-order valence-electron chi connectivity index (χ4n) is 4.01. The molecule has 0 aliphatic carbocycles. The molecule has 172 valence electrons. The second-order valence-electron chi connectivity index (χ2n) is 8.76. The van der Waals surface area contributed by atoms with Crippen LogP contribution < -0.4 is 4.90 Å². The van der Waals surface area contributed by atoms with Gasteiger partial charge < -0.3 is 4.90 Å². The zero-order chi connectivity index (χ0) is 24.4. The molecule has 0 unspecified atom stereocenters. The van der Waals surface area contributed by atoms with E-state index in [9.17, 15) is 0 Å². The Morgan fingerprint density at radius 1 is 0.676 bits per heavy atom. The fraction of sp³-hybridized carbons (Fsp3) is 0.250. The van der Waals surface area contributed by atoms with Gasteiger partial charge in [-0.3, -0.25) is 0 Å². The molecule has 0 aromatic heterocycles. The van der Waals surface area contributed by atoms with E-state index in [0.717, 1.165) is 27.8 Å². The largest absolute Gasteiger partial charge is 0.378 e. The molecule has 0 saturated heterocycles. The van der Waals surface area contributed by atoms with E-state index in [-0.39, 0.29) is 0 Å². The lowest BCUT2D eigenvalue weighted by molar-refractivity contribution is 1.13. The van der Waals surface area contributed by atoms with Crippen molar-refractivity contribution in [3.63, 3.8) is 0 Å². The Labute approximate surface area is 207 Å². The summed E-state index contributed by atoms with van der Waals surface area (Å²) in [7, 11) is 2.48. The van der Waals surface area contributed by atoms with E-state index in [2.05, 4.69) is 148 Å². The summed E-state index contributed by atoms with van der Waals surface area (Å²) in [6.07, 6.45) is 0. The van der Waals surface area contributed by atoms with E-state index < -0.39 is 8.07 Å². The Hall–Kier alpha value is -3.46. The first kappa shape index (κ1) is 25.2. The standard InChI is InChI=1S/C32H35NSi/c1-6-34(7-2,8-3)26-25-30(22-19-27-20-23-31(24-21-27)33(4)5)32(28-15-11-9-12-16-28)29-17-13-10-14-18-29/h9-18,20-21,23-24H,6-8H2,1-5H3. The highest BCUT2D eigenvalue weighted by atomic mass is 28.3. The van der Waals surface area contributed by atoms with Crippen LogP contribution in [0.25, 0.3) is 5.57 Å². The van der Waals surface area contributed by atoms with Gasteiger partial charge in [-0.25, -0.2) is 0 Å². The quantitative estimate of drug-likeness (QED) is 0.269. The predicted octanol–water partition coefficient (Wildman–Crippen LogP) is 7.66. The minimum atomic E-state index is -1.62. The maximum Gasteiger partial charge on any atom is 0.138 e. The highest BCUT2D eigenvalue weighted by Gasteiger charge is 2.24. The van der Waals surface area contributed by atoms with Crippen molar-refractivity contribution in [3.05, 3.63) is 107 Å². The Morgan fingerprint density at radius 2 is 1.18 bits per heavy atom. The van der Waals surface area contributed by atoms with Crippen molar-refractivity contribution in [1.82, 2.24) is 0 Å². The van der Waals surface area contributed by atoms with Crippen LogP contribution in [0.1, 0.15) is 37.5 Å². The first-order valence-corrected chi connectivity index (χ1v) is 14.8. The van der Waals surface area contributed by atoms with Crippen LogP contribution in [0.4, 0.5) is 5.69 Å². The summed E-state index contributed by atoms with van der Waals surface area (Å²) in [5.74, 6) is 10.5. The first-order valence-electron chi connectivity index (χ1n) is 12.2. The third kappa shape index (κ3) is 6.32. The highest BCUT2D eigenvalue weighted by Crippen LogP contribution is 2.27. The van der Waals surface area contributed by atoms with Crippen molar-refractivity contribution < 1.29 is 0 Å². The van der Waals surface area contributed by atoms with Crippen LogP contribution >= 0.6 is 0 Å². The van der Waals surface area contributed by atoms with E-state index in [0.29, 0.717) is 0 Å². The molecule has 0 bridgehead atoms. The number of benzene rings is 3. The van der Waals surface area contributed by atoms with E-state index in [1.54, 1.807) is 0 Å². The van der Waals surface area contributed by atoms with Gasteiger partial charge in [-0.1, -0.05) is 99.2 Å². The molecule has 2 heteroatoms. The SMILES string of the molecule is CC[Si](C#CC(C#Cc1ccc(N(C)C)cc1)=C(c1ccccc1)c1ccccc1)(CC)CC. The molecule has 1 nitrogen and oxygen atoms in total. The van der Waals surface area contributed by atoms with Gasteiger partial charge >= 0.3 is 0 Å². The van der Waals surface area contributed by atoms with E-state index in [4.69, 9.17) is 0 Å². The van der Waals surface area contributed by atoms with Crippen LogP contribution in [0, 0.1) is 23.3 Å². The van der Waals surface area contributed by atoms with Gasteiger partial charge in [0.2, 0.25) is 0 Å². The zero-order valence-electron chi connectivity index (χ0n) is 21.2. The zero-order valence-corrected chi connectivity index (χ0v) is 22.2. The Balaban J connectivity index is 2.24. The summed E-state index contributed by atoms with van der Waals surface area (Å²) < 4.78 is 0. The molecule has 0 heterocycles. The predicted molar refractivity (Wildman–Crippen MR) is 152 cm³/mol. The lowest BCUT2D eigenvalue weighted by atomic mass is 9.93. The fourth-order valence-corrected chi connectivity index (χ4v) is 6.43. The van der Waals surface area contributed by atoms with Gasteiger partial charge in [0.15, 0.2) is 0 Å². The molecule has 0 fully saturated rings. The number of hydrogen-bond acceptors (Lipinski definition) is 1. The molecule has 0 aliphatic heterocycles. The summed E-state index contributed by atoms with van der Waals surface area (Å²) in [5.41, 5.74) is 10.3. The molecule has 0 amide bonds. The molecular formula is C32H35NSi. The summed E-state index contributed by atoms with van der Waals surface area (Å²) in [5, 5.41) is 0. The van der Waals surface area contributed by atoms with Gasteiger partial charge in [0.05, 0.1) is 5.57 Å². The third-order valence-electron chi connectivity index (χ3n) is 6.57. The van der Waals surface area contributed by atoms with Crippen molar-refractivity contribution in [2.45, 2.75) is 38.9 Å². The maximum absolute atomic E-state index is 3.78. The Kier molecular flexibility index (Phi) is 8.98. The molecule has 0 atom stereocenters. The van der Waals surface area contributed by atoms with E-state index in [1.165, 1.54) is 23.8 Å². The summed E-state index contributed by atoms with van der Waals surface area (Å²) in [6, 6.07) is 33.0. The van der Waals surface area contributed by atoms with Crippen LogP contribution in [0.3, 0.4) is 0 Å².